The van der Waals surface area contributed by atoms with Gasteiger partial charge < -0.3 is 0 Å². The van der Waals surface area contributed by atoms with E-state index in [1.54, 1.807) is 6.08 Å². The van der Waals surface area contributed by atoms with Crippen LogP contribution in [0.2, 0.25) is 0 Å². The molecule has 0 saturated carbocycles. The van der Waals surface area contributed by atoms with Crippen LogP contribution in [0.4, 0.5) is 13.2 Å². The molecular formula is C29H29F3N+. The molecule has 1 unspecified atom stereocenters. The van der Waals surface area contributed by atoms with E-state index in [0.29, 0.717) is 0 Å². The van der Waals surface area contributed by atoms with Crippen molar-refractivity contribution in [2.24, 2.45) is 5.92 Å². The Kier molecular flexibility index (Phi) is 7.12. The Morgan fingerprint density at radius 2 is 1.67 bits per heavy atom. The maximum absolute atomic E-state index is 13.1. The highest BCUT2D eigenvalue weighted by Gasteiger charge is 2.35. The van der Waals surface area contributed by atoms with Crippen molar-refractivity contribution in [2.75, 3.05) is 6.54 Å². The van der Waals surface area contributed by atoms with Gasteiger partial charge in [0.2, 0.25) is 0 Å². The fourth-order valence-electron chi connectivity index (χ4n) is 4.56. The van der Waals surface area contributed by atoms with Crippen molar-refractivity contribution in [1.29, 1.82) is 0 Å². The van der Waals surface area contributed by atoms with E-state index in [9.17, 15) is 13.2 Å². The zero-order valence-corrected chi connectivity index (χ0v) is 18.9. The maximum Gasteiger partial charge on any atom is 0.412 e. The number of allylic oxidation sites excluding steroid dienone is 4. The molecule has 0 radical (unpaired) electrons. The van der Waals surface area contributed by atoms with Crippen LogP contribution < -0.4 is 0 Å². The minimum absolute atomic E-state index is 0.0666. The summed E-state index contributed by atoms with van der Waals surface area (Å²) in [5, 5.41) is 2.45. The molecule has 1 atom stereocenters. The first-order valence-corrected chi connectivity index (χ1v) is 11.5. The number of benzene rings is 3. The van der Waals surface area contributed by atoms with Gasteiger partial charge in [-0.05, 0) is 41.7 Å². The van der Waals surface area contributed by atoms with Crippen LogP contribution in [0.25, 0.3) is 10.8 Å². The quantitative estimate of drug-likeness (QED) is 0.257. The van der Waals surface area contributed by atoms with Crippen LogP contribution in [0.1, 0.15) is 37.3 Å². The van der Waals surface area contributed by atoms with E-state index in [-0.39, 0.29) is 12.3 Å². The van der Waals surface area contributed by atoms with E-state index in [4.69, 9.17) is 0 Å². The van der Waals surface area contributed by atoms with Gasteiger partial charge in [-0.3, -0.25) is 0 Å². The Morgan fingerprint density at radius 1 is 0.939 bits per heavy atom. The Bertz CT molecular complexity index is 1180. The zero-order chi connectivity index (χ0) is 23.3. The molecule has 1 nitrogen and oxygen atoms in total. The van der Waals surface area contributed by atoms with Crippen molar-refractivity contribution in [3.63, 3.8) is 0 Å². The number of hydrogen-bond acceptors (Lipinski definition) is 0. The van der Waals surface area contributed by atoms with Crippen LogP contribution in [-0.4, -0.2) is 23.0 Å². The third-order valence-electron chi connectivity index (χ3n) is 6.44. The number of hydrogen-bond donors (Lipinski definition) is 0. The number of fused-ring (bicyclic) bond motifs is 1. The lowest BCUT2D eigenvalue weighted by molar-refractivity contribution is -0.544. The summed E-state index contributed by atoms with van der Waals surface area (Å²) in [7, 11) is 0. The molecule has 3 aromatic rings. The van der Waals surface area contributed by atoms with Gasteiger partial charge >= 0.3 is 6.18 Å². The van der Waals surface area contributed by atoms with Crippen molar-refractivity contribution < 1.29 is 17.7 Å². The third kappa shape index (κ3) is 5.81. The number of alkyl halides is 3. The van der Waals surface area contributed by atoms with Gasteiger partial charge in [-0.1, -0.05) is 78.9 Å². The molecule has 170 valence electrons. The normalized spacial score (nSPS) is 17.1. The highest BCUT2D eigenvalue weighted by molar-refractivity contribution is 5.95. The lowest BCUT2D eigenvalue weighted by Gasteiger charge is -2.20. The van der Waals surface area contributed by atoms with E-state index in [1.165, 1.54) is 28.1 Å². The van der Waals surface area contributed by atoms with Crippen LogP contribution >= 0.6 is 0 Å². The lowest BCUT2D eigenvalue weighted by Crippen LogP contribution is -2.22. The van der Waals surface area contributed by atoms with Crippen molar-refractivity contribution in [1.82, 2.24) is 0 Å². The topological polar surface area (TPSA) is 3.01 Å². The smallest absolute Gasteiger partial charge is 0.229 e. The fraction of sp³-hybridized carbons (Fsp3) is 0.276. The molecule has 0 spiro atoms. The predicted molar refractivity (Wildman–Crippen MR) is 130 cm³/mol. The van der Waals surface area contributed by atoms with Crippen molar-refractivity contribution in [3.05, 3.63) is 108 Å². The van der Waals surface area contributed by atoms with Crippen LogP contribution in [0.3, 0.4) is 0 Å². The Morgan fingerprint density at radius 3 is 2.45 bits per heavy atom. The summed E-state index contributed by atoms with van der Waals surface area (Å²) in [5.41, 5.74) is 3.18. The third-order valence-corrected chi connectivity index (χ3v) is 6.44. The van der Waals surface area contributed by atoms with Gasteiger partial charge in [0.25, 0.3) is 0 Å². The van der Waals surface area contributed by atoms with Gasteiger partial charge in [-0.2, -0.15) is 13.2 Å². The summed E-state index contributed by atoms with van der Waals surface area (Å²) in [6.45, 7) is 3.68. The molecule has 3 aromatic carbocycles. The Labute approximate surface area is 193 Å². The van der Waals surface area contributed by atoms with E-state index in [1.807, 2.05) is 30.3 Å². The summed E-state index contributed by atoms with van der Waals surface area (Å²) < 4.78 is 41.7. The molecule has 0 aromatic heterocycles. The van der Waals surface area contributed by atoms with E-state index < -0.39 is 11.7 Å². The molecule has 4 rings (SSSR count). The van der Waals surface area contributed by atoms with Crippen molar-refractivity contribution in [2.45, 2.75) is 38.9 Å². The van der Waals surface area contributed by atoms with Crippen LogP contribution in [0.5, 0.6) is 0 Å². The van der Waals surface area contributed by atoms with Gasteiger partial charge in [-0.15, -0.1) is 0 Å². The Balaban J connectivity index is 1.53. The summed E-state index contributed by atoms with van der Waals surface area (Å²) in [5.74, 6) is -0.0666. The van der Waals surface area contributed by atoms with E-state index >= 15 is 0 Å². The monoisotopic (exact) mass is 448 g/mol. The van der Waals surface area contributed by atoms with Crippen LogP contribution in [0.15, 0.2) is 96.6 Å². The number of halogens is 3. The molecular weight excluding hydrogens is 419 g/mol. The van der Waals surface area contributed by atoms with E-state index in [2.05, 4.69) is 60.0 Å². The highest BCUT2D eigenvalue weighted by Crippen LogP contribution is 2.34. The average molecular weight is 449 g/mol. The minimum atomic E-state index is -4.24. The van der Waals surface area contributed by atoms with Gasteiger partial charge in [-0.25, -0.2) is 4.58 Å². The number of nitrogens with zero attached hydrogens (tertiary/aromatic N) is 1. The molecule has 1 aliphatic carbocycles. The summed E-state index contributed by atoms with van der Waals surface area (Å²) in [4.78, 5) is 0. The fourth-order valence-corrected chi connectivity index (χ4v) is 4.56. The summed E-state index contributed by atoms with van der Waals surface area (Å²) in [6, 6.07) is 25.0. The zero-order valence-electron chi connectivity index (χ0n) is 18.9. The lowest BCUT2D eigenvalue weighted by atomic mass is 9.90. The molecule has 0 amide bonds. The second-order valence-electron chi connectivity index (χ2n) is 8.69. The first kappa shape index (κ1) is 23.0. The molecule has 0 saturated heterocycles. The van der Waals surface area contributed by atoms with Crippen LogP contribution in [0, 0.1) is 5.92 Å². The van der Waals surface area contributed by atoms with Gasteiger partial charge in [0, 0.05) is 30.0 Å². The molecule has 0 heterocycles. The first-order chi connectivity index (χ1) is 15.9. The molecule has 1 aliphatic rings. The predicted octanol–water partition coefficient (Wildman–Crippen LogP) is 7.71. The SMILES string of the molecule is C/C(c1ccccc1)=[N+](/CCCC1C=CC=C(C(F)(F)F)C1)Cc1cccc2ccccc12. The summed E-state index contributed by atoms with van der Waals surface area (Å²) in [6.07, 6.45) is 2.08. The molecule has 0 aliphatic heterocycles. The molecule has 0 N–H and O–H groups in total. The second kappa shape index (κ2) is 10.2. The maximum atomic E-state index is 13.1. The van der Waals surface area contributed by atoms with Gasteiger partial charge in [0.15, 0.2) is 12.3 Å². The first-order valence-electron chi connectivity index (χ1n) is 11.5. The van der Waals surface area contributed by atoms with Gasteiger partial charge in [0.05, 0.1) is 0 Å². The minimum Gasteiger partial charge on any atom is -0.229 e. The van der Waals surface area contributed by atoms with Crippen molar-refractivity contribution >= 4 is 16.5 Å². The molecule has 4 heteroatoms. The van der Waals surface area contributed by atoms with Crippen LogP contribution in [-0.2, 0) is 6.54 Å². The Hall–Kier alpha value is -3.14. The largest absolute Gasteiger partial charge is 0.412 e. The average Bonchev–Trinajstić information content (AvgIpc) is 2.83. The van der Waals surface area contributed by atoms with Gasteiger partial charge in [0.1, 0.15) is 6.54 Å². The standard InChI is InChI=1S/C29H29F3N/c1-22(24-12-3-2-4-13-24)33(21-26-16-8-15-25-14-5-6-18-28(25)26)19-9-11-23-10-7-17-27(20-23)29(30,31)32/h2-8,10,12-18,23H,9,11,19-21H2,1H3/q+1/b33-22+. The highest BCUT2D eigenvalue weighted by atomic mass is 19.4. The van der Waals surface area contributed by atoms with Crippen molar-refractivity contribution in [3.8, 4) is 0 Å². The summed E-state index contributed by atoms with van der Waals surface area (Å²) >= 11 is 0. The molecule has 0 bridgehead atoms. The van der Waals surface area contributed by atoms with E-state index in [0.717, 1.165) is 31.5 Å². The molecule has 0 fully saturated rings. The number of rotatable bonds is 7. The second-order valence-corrected chi connectivity index (χ2v) is 8.69. The molecule has 33 heavy (non-hydrogen) atoms.